The molecule has 1 aliphatic heterocycles. The fourth-order valence-electron chi connectivity index (χ4n) is 4.99. The van der Waals surface area contributed by atoms with Gasteiger partial charge in [0.1, 0.15) is 5.75 Å². The Balaban J connectivity index is 1.57. The predicted octanol–water partition coefficient (Wildman–Crippen LogP) is 5.12. The van der Waals surface area contributed by atoms with Gasteiger partial charge in [-0.15, -0.1) is 0 Å². The van der Waals surface area contributed by atoms with Gasteiger partial charge in [0.2, 0.25) is 0 Å². The van der Waals surface area contributed by atoms with Crippen molar-refractivity contribution >= 4 is 16.5 Å². The van der Waals surface area contributed by atoms with Gasteiger partial charge in [-0.3, -0.25) is 19.9 Å². The molecule has 0 saturated carbocycles. The summed E-state index contributed by atoms with van der Waals surface area (Å²) in [5, 5.41) is 16.3. The molecule has 2 atom stereocenters. The zero-order valence-electron chi connectivity index (χ0n) is 20.7. The van der Waals surface area contributed by atoms with E-state index >= 15 is 0 Å². The summed E-state index contributed by atoms with van der Waals surface area (Å²) in [5.74, 6) is 4.09. The molecule has 2 heterocycles. The maximum absolute atomic E-state index is 10.4. The van der Waals surface area contributed by atoms with E-state index < -0.39 is 10.7 Å². The van der Waals surface area contributed by atoms with Gasteiger partial charge in [0.25, 0.3) is 0 Å². The molecule has 5 nitrogen and oxygen atoms in total. The van der Waals surface area contributed by atoms with Crippen LogP contribution in [0.5, 0.6) is 5.75 Å². The number of aryl methyl sites for hydroxylation is 2. The van der Waals surface area contributed by atoms with Crippen LogP contribution in [-0.2, 0) is 13.0 Å². The van der Waals surface area contributed by atoms with Crippen LogP contribution < -0.4 is 5.14 Å². The number of pyridine rings is 1. The molecule has 1 aliphatic rings. The van der Waals surface area contributed by atoms with Crippen molar-refractivity contribution in [1.82, 2.24) is 14.8 Å². The average molecular weight is 471 g/mol. The number of aromatic nitrogens is 1. The standard InChI is InChI=1S/C27H42N4OS/c1-5-15-31(23(6-2)11-12-26-27(32)18-25(19-29-26)33(4)28)24-13-16-30(17-14-24)20-22-9-7-21(3)8-10-22/h7-10,18-19,23-24,32H,4-6,11-17,20,28H2,1-3H3. The number of hydrogen-bond acceptors (Lipinski definition) is 5. The van der Waals surface area contributed by atoms with Crippen LogP contribution in [0.4, 0.5) is 0 Å². The molecular formula is C27H42N4OS. The Morgan fingerprint density at radius 2 is 1.94 bits per heavy atom. The van der Waals surface area contributed by atoms with Crippen LogP contribution >= 0.6 is 10.7 Å². The van der Waals surface area contributed by atoms with Gasteiger partial charge in [0.15, 0.2) is 0 Å². The zero-order valence-corrected chi connectivity index (χ0v) is 21.5. The maximum atomic E-state index is 10.4. The van der Waals surface area contributed by atoms with Crippen molar-refractivity contribution in [3.8, 4) is 5.75 Å². The predicted molar refractivity (Wildman–Crippen MR) is 142 cm³/mol. The van der Waals surface area contributed by atoms with Gasteiger partial charge >= 0.3 is 0 Å². The van der Waals surface area contributed by atoms with E-state index in [-0.39, 0.29) is 5.75 Å². The van der Waals surface area contributed by atoms with Crippen LogP contribution in [-0.4, -0.2) is 57.5 Å². The average Bonchev–Trinajstić information content (AvgIpc) is 2.81. The van der Waals surface area contributed by atoms with E-state index in [0.717, 1.165) is 56.0 Å². The lowest BCUT2D eigenvalue weighted by molar-refractivity contribution is 0.0651. The summed E-state index contributed by atoms with van der Waals surface area (Å²) in [7, 11) is -0.627. The van der Waals surface area contributed by atoms with E-state index in [1.54, 1.807) is 12.3 Å². The minimum Gasteiger partial charge on any atom is -0.506 e. The fourth-order valence-corrected chi connectivity index (χ4v) is 5.44. The van der Waals surface area contributed by atoms with Gasteiger partial charge < -0.3 is 5.11 Å². The molecule has 6 heteroatoms. The molecule has 1 fully saturated rings. The zero-order chi connectivity index (χ0) is 23.8. The van der Waals surface area contributed by atoms with Crippen LogP contribution in [0.1, 0.15) is 62.8 Å². The molecule has 0 aliphatic carbocycles. The second-order valence-corrected chi connectivity index (χ2v) is 10.7. The van der Waals surface area contributed by atoms with E-state index in [4.69, 9.17) is 5.14 Å². The summed E-state index contributed by atoms with van der Waals surface area (Å²) in [6.07, 6.45) is 8.30. The topological polar surface area (TPSA) is 65.6 Å². The SMILES string of the molecule is C=S(N)c1cnc(CCC(CC)N(CCC)C2CCN(Cc3ccc(C)cc3)CC2)c(O)c1. The third-order valence-electron chi connectivity index (χ3n) is 6.91. The van der Waals surface area contributed by atoms with Gasteiger partial charge in [-0.2, -0.15) is 0 Å². The second-order valence-electron chi connectivity index (χ2n) is 9.40. The molecule has 0 spiro atoms. The molecule has 2 unspecified atom stereocenters. The first kappa shape index (κ1) is 25.9. The quantitative estimate of drug-likeness (QED) is 0.446. The smallest absolute Gasteiger partial charge is 0.138 e. The lowest BCUT2D eigenvalue weighted by Crippen LogP contribution is -2.49. The van der Waals surface area contributed by atoms with Crippen molar-refractivity contribution in [3.05, 3.63) is 53.3 Å². The Morgan fingerprint density at radius 1 is 1.24 bits per heavy atom. The number of rotatable bonds is 11. The molecule has 1 saturated heterocycles. The third kappa shape index (κ3) is 7.38. The number of nitrogens with two attached hydrogens (primary N) is 1. The number of piperidine rings is 1. The summed E-state index contributed by atoms with van der Waals surface area (Å²) in [6, 6.07) is 11.8. The van der Waals surface area contributed by atoms with Gasteiger partial charge in [-0.25, -0.2) is 0 Å². The van der Waals surface area contributed by atoms with Gasteiger partial charge in [0, 0.05) is 29.7 Å². The van der Waals surface area contributed by atoms with Crippen LogP contribution in [0, 0.1) is 6.92 Å². The number of likely N-dealkylation sites (tertiary alicyclic amines) is 1. The van der Waals surface area contributed by atoms with Crippen molar-refractivity contribution in [2.45, 2.75) is 82.8 Å². The number of hydrogen-bond donors (Lipinski definition) is 2. The van der Waals surface area contributed by atoms with E-state index in [1.807, 2.05) is 0 Å². The summed E-state index contributed by atoms with van der Waals surface area (Å²) in [4.78, 5) is 10.6. The molecular weight excluding hydrogens is 428 g/mol. The monoisotopic (exact) mass is 470 g/mol. The van der Waals surface area contributed by atoms with E-state index in [1.165, 1.54) is 30.4 Å². The number of nitrogens with zero attached hydrogens (tertiary/aromatic N) is 3. The Kier molecular flexibility index (Phi) is 9.93. The summed E-state index contributed by atoms with van der Waals surface area (Å²) in [5.41, 5.74) is 3.51. The lowest BCUT2D eigenvalue weighted by atomic mass is 9.96. The summed E-state index contributed by atoms with van der Waals surface area (Å²) < 4.78 is 0. The van der Waals surface area contributed by atoms with Crippen LogP contribution in [0.15, 0.2) is 41.4 Å². The Morgan fingerprint density at radius 3 is 2.52 bits per heavy atom. The molecule has 3 N–H and O–H groups in total. The van der Waals surface area contributed by atoms with Crippen molar-refractivity contribution in [2.24, 2.45) is 5.14 Å². The lowest BCUT2D eigenvalue weighted by Gasteiger charge is -2.42. The first-order valence-electron chi connectivity index (χ1n) is 12.4. The number of benzene rings is 1. The van der Waals surface area contributed by atoms with Crippen molar-refractivity contribution < 1.29 is 5.11 Å². The molecule has 1 aromatic carbocycles. The van der Waals surface area contributed by atoms with Gasteiger partial charge in [-0.1, -0.05) is 60.2 Å². The molecule has 33 heavy (non-hydrogen) atoms. The van der Waals surface area contributed by atoms with Crippen molar-refractivity contribution in [1.29, 1.82) is 0 Å². The molecule has 0 radical (unpaired) electrons. The Labute approximate surface area is 203 Å². The minimum atomic E-state index is -0.627. The summed E-state index contributed by atoms with van der Waals surface area (Å²) >= 11 is 0. The third-order valence-corrected chi connectivity index (χ3v) is 7.74. The molecule has 1 aromatic heterocycles. The first-order valence-corrected chi connectivity index (χ1v) is 13.9. The number of aromatic hydroxyl groups is 1. The highest BCUT2D eigenvalue weighted by atomic mass is 32.2. The van der Waals surface area contributed by atoms with Crippen molar-refractivity contribution in [2.75, 3.05) is 19.6 Å². The highest BCUT2D eigenvalue weighted by molar-refractivity contribution is 8.12. The van der Waals surface area contributed by atoms with Gasteiger partial charge in [0.05, 0.1) is 5.69 Å². The highest BCUT2D eigenvalue weighted by Gasteiger charge is 2.28. The fraction of sp³-hybridized carbons (Fsp3) is 0.556. The molecule has 2 aromatic rings. The molecule has 0 amide bonds. The minimum absolute atomic E-state index is 0.250. The van der Waals surface area contributed by atoms with Gasteiger partial charge in [-0.05, 0) is 76.7 Å². The van der Waals surface area contributed by atoms with Crippen LogP contribution in [0.2, 0.25) is 0 Å². The largest absolute Gasteiger partial charge is 0.506 e. The van der Waals surface area contributed by atoms with Crippen LogP contribution in [0.25, 0.3) is 0 Å². The summed E-state index contributed by atoms with van der Waals surface area (Å²) in [6.45, 7) is 11.2. The first-order chi connectivity index (χ1) is 15.9. The maximum Gasteiger partial charge on any atom is 0.138 e. The molecule has 3 rings (SSSR count). The normalized spacial score (nSPS) is 17.4. The second kappa shape index (κ2) is 12.7. The Bertz CT molecular complexity index is 893. The van der Waals surface area contributed by atoms with E-state index in [9.17, 15) is 5.11 Å². The van der Waals surface area contributed by atoms with E-state index in [0.29, 0.717) is 12.1 Å². The van der Waals surface area contributed by atoms with Crippen LogP contribution in [0.3, 0.4) is 0 Å². The highest BCUT2D eigenvalue weighted by Crippen LogP contribution is 2.27. The molecule has 182 valence electrons. The Hall–Kier alpha value is -1.73. The molecule has 0 bridgehead atoms. The van der Waals surface area contributed by atoms with E-state index in [2.05, 4.69) is 65.7 Å². The van der Waals surface area contributed by atoms with Crippen molar-refractivity contribution in [3.63, 3.8) is 0 Å².